The molecule has 0 bridgehead atoms. The Morgan fingerprint density at radius 2 is 1.76 bits per heavy atom. The molecule has 0 unspecified atom stereocenters. The van der Waals surface area contributed by atoms with Crippen molar-refractivity contribution in [3.05, 3.63) is 87.6 Å². The molecule has 2 aromatic carbocycles. The highest BCUT2D eigenvalue weighted by Gasteiger charge is 2.30. The monoisotopic (exact) mass is 404 g/mol. The third kappa shape index (κ3) is 4.77. The van der Waals surface area contributed by atoms with Crippen LogP contribution in [0.5, 0.6) is 0 Å². The lowest BCUT2D eigenvalue weighted by Gasteiger charge is -2.38. The van der Waals surface area contributed by atoms with E-state index in [0.29, 0.717) is 0 Å². The van der Waals surface area contributed by atoms with E-state index in [1.54, 1.807) is 0 Å². The Morgan fingerprint density at radius 3 is 2.41 bits per heavy atom. The van der Waals surface area contributed by atoms with Gasteiger partial charge in [0.05, 0.1) is 0 Å². The minimum atomic E-state index is 0.104. The zero-order valence-electron chi connectivity index (χ0n) is 17.2. The highest BCUT2D eigenvalue weighted by molar-refractivity contribution is 7.09. The molecule has 1 amide bonds. The van der Waals surface area contributed by atoms with E-state index >= 15 is 0 Å². The number of likely N-dealkylation sites (tertiary alicyclic amines) is 1. The minimum Gasteiger partial charge on any atom is -0.305 e. The first-order valence-electron chi connectivity index (χ1n) is 10.3. The van der Waals surface area contributed by atoms with Crippen molar-refractivity contribution in [2.24, 2.45) is 0 Å². The summed E-state index contributed by atoms with van der Waals surface area (Å²) in [6, 6.07) is 20.8. The van der Waals surface area contributed by atoms with Crippen molar-refractivity contribution in [3.8, 4) is 0 Å². The van der Waals surface area contributed by atoms with Crippen molar-refractivity contribution in [2.45, 2.75) is 39.3 Å². The number of piperidine rings is 1. The van der Waals surface area contributed by atoms with Gasteiger partial charge in [0.15, 0.2) is 0 Å². The molecule has 0 radical (unpaired) electrons. The van der Waals surface area contributed by atoms with Crippen molar-refractivity contribution in [1.29, 1.82) is 0 Å². The molecule has 1 aliphatic heterocycles. The average molecular weight is 405 g/mol. The van der Waals surface area contributed by atoms with Crippen molar-refractivity contribution >= 4 is 22.9 Å². The summed E-state index contributed by atoms with van der Waals surface area (Å²) in [5.74, 6) is 0.104. The van der Waals surface area contributed by atoms with Crippen LogP contribution in [0, 0.1) is 13.8 Å². The van der Waals surface area contributed by atoms with Gasteiger partial charge in [-0.05, 0) is 68.0 Å². The van der Waals surface area contributed by atoms with Crippen LogP contribution in [0.3, 0.4) is 0 Å². The summed E-state index contributed by atoms with van der Waals surface area (Å²) in [6.45, 7) is 7.19. The van der Waals surface area contributed by atoms with Gasteiger partial charge in [-0.25, -0.2) is 0 Å². The fourth-order valence-electron chi connectivity index (χ4n) is 4.07. The number of hydrogen-bond donors (Lipinski definition) is 0. The normalized spacial score (nSPS) is 15.4. The predicted octanol–water partition coefficient (Wildman–Crippen LogP) is 5.68. The number of carbonyl (C=O) groups excluding carboxylic acids is 1. The smallest absolute Gasteiger partial charge is 0.258 e. The molecule has 1 saturated heterocycles. The molecule has 4 heteroatoms. The van der Waals surface area contributed by atoms with Crippen LogP contribution in [0.1, 0.15) is 39.2 Å². The van der Waals surface area contributed by atoms with Gasteiger partial charge in [0.1, 0.15) is 0 Å². The SMILES string of the molecule is Cc1ccc(C(=O)N(c2cccc(C)c2)C2CCN(Cc3cccs3)CC2)cc1. The van der Waals surface area contributed by atoms with Gasteiger partial charge in [-0.3, -0.25) is 9.69 Å². The summed E-state index contributed by atoms with van der Waals surface area (Å²) in [6.07, 6.45) is 1.99. The molecular weight excluding hydrogens is 376 g/mol. The van der Waals surface area contributed by atoms with E-state index in [1.165, 1.54) is 16.0 Å². The van der Waals surface area contributed by atoms with Crippen molar-refractivity contribution < 1.29 is 4.79 Å². The number of nitrogens with zero attached hydrogens (tertiary/aromatic N) is 2. The molecule has 1 fully saturated rings. The lowest BCUT2D eigenvalue weighted by Crippen LogP contribution is -2.47. The highest BCUT2D eigenvalue weighted by atomic mass is 32.1. The Bertz CT molecular complexity index is 941. The topological polar surface area (TPSA) is 23.6 Å². The fraction of sp³-hybridized carbons (Fsp3) is 0.320. The molecule has 0 spiro atoms. The van der Waals surface area contributed by atoms with E-state index in [0.717, 1.165) is 43.7 Å². The summed E-state index contributed by atoms with van der Waals surface area (Å²) in [4.78, 5) is 19.5. The van der Waals surface area contributed by atoms with E-state index in [4.69, 9.17) is 0 Å². The Balaban J connectivity index is 1.54. The summed E-state index contributed by atoms with van der Waals surface area (Å²) in [7, 11) is 0. The van der Waals surface area contributed by atoms with Crippen LogP contribution in [-0.4, -0.2) is 29.9 Å². The van der Waals surface area contributed by atoms with Crippen LogP contribution >= 0.6 is 11.3 Å². The number of rotatable bonds is 5. The minimum absolute atomic E-state index is 0.104. The number of amides is 1. The maximum atomic E-state index is 13.5. The Kier molecular flexibility index (Phi) is 6.12. The average Bonchev–Trinajstić information content (AvgIpc) is 3.23. The first-order chi connectivity index (χ1) is 14.1. The van der Waals surface area contributed by atoms with E-state index in [1.807, 2.05) is 46.6 Å². The number of carbonyl (C=O) groups is 1. The Labute approximate surface area is 177 Å². The van der Waals surface area contributed by atoms with Crippen LogP contribution in [0.15, 0.2) is 66.0 Å². The molecule has 0 N–H and O–H groups in total. The van der Waals surface area contributed by atoms with Crippen LogP contribution in [0.4, 0.5) is 5.69 Å². The van der Waals surface area contributed by atoms with Gasteiger partial charge in [0.25, 0.3) is 5.91 Å². The molecule has 0 atom stereocenters. The van der Waals surface area contributed by atoms with E-state index in [9.17, 15) is 4.79 Å². The Morgan fingerprint density at radius 1 is 1.00 bits per heavy atom. The van der Waals surface area contributed by atoms with Crippen LogP contribution in [0.2, 0.25) is 0 Å². The number of anilines is 1. The summed E-state index contributed by atoms with van der Waals surface area (Å²) < 4.78 is 0. The lowest BCUT2D eigenvalue weighted by molar-refractivity contribution is 0.0959. The molecule has 29 heavy (non-hydrogen) atoms. The molecule has 1 aliphatic rings. The second-order valence-corrected chi connectivity index (χ2v) is 9.00. The van der Waals surface area contributed by atoms with Gasteiger partial charge in [-0.2, -0.15) is 0 Å². The molecule has 1 aromatic heterocycles. The van der Waals surface area contributed by atoms with E-state index in [-0.39, 0.29) is 11.9 Å². The van der Waals surface area contributed by atoms with Gasteiger partial charge in [-0.1, -0.05) is 35.9 Å². The summed E-state index contributed by atoms with van der Waals surface area (Å²) in [5.41, 5.74) is 4.12. The second-order valence-electron chi connectivity index (χ2n) is 7.97. The van der Waals surface area contributed by atoms with E-state index in [2.05, 4.69) is 54.5 Å². The number of hydrogen-bond acceptors (Lipinski definition) is 3. The van der Waals surface area contributed by atoms with E-state index < -0.39 is 0 Å². The molecule has 3 aromatic rings. The maximum absolute atomic E-state index is 13.5. The predicted molar refractivity (Wildman–Crippen MR) is 122 cm³/mol. The molecule has 0 saturated carbocycles. The van der Waals surface area contributed by atoms with Gasteiger partial charge in [-0.15, -0.1) is 11.3 Å². The molecule has 0 aliphatic carbocycles. The molecule has 3 nitrogen and oxygen atoms in total. The number of benzene rings is 2. The van der Waals surface area contributed by atoms with Crippen LogP contribution in [-0.2, 0) is 6.54 Å². The summed E-state index contributed by atoms with van der Waals surface area (Å²) >= 11 is 1.82. The molecule has 2 heterocycles. The van der Waals surface area contributed by atoms with Crippen LogP contribution < -0.4 is 4.90 Å². The maximum Gasteiger partial charge on any atom is 0.258 e. The zero-order valence-corrected chi connectivity index (χ0v) is 18.0. The lowest BCUT2D eigenvalue weighted by atomic mass is 10.00. The van der Waals surface area contributed by atoms with Gasteiger partial charge in [0, 0.05) is 41.8 Å². The first kappa shape index (κ1) is 19.9. The largest absolute Gasteiger partial charge is 0.305 e. The van der Waals surface area contributed by atoms with Crippen molar-refractivity contribution in [3.63, 3.8) is 0 Å². The number of aryl methyl sites for hydroxylation is 2. The second kappa shape index (κ2) is 8.93. The first-order valence-corrected chi connectivity index (χ1v) is 11.2. The molecule has 4 rings (SSSR count). The fourth-order valence-corrected chi connectivity index (χ4v) is 4.81. The quantitative estimate of drug-likeness (QED) is 0.546. The van der Waals surface area contributed by atoms with Crippen molar-refractivity contribution in [2.75, 3.05) is 18.0 Å². The molecule has 150 valence electrons. The molecular formula is C25H28N2OS. The van der Waals surface area contributed by atoms with Gasteiger partial charge < -0.3 is 4.90 Å². The third-order valence-corrected chi connectivity index (χ3v) is 6.54. The van der Waals surface area contributed by atoms with Crippen molar-refractivity contribution in [1.82, 2.24) is 4.90 Å². The van der Waals surface area contributed by atoms with Gasteiger partial charge >= 0.3 is 0 Å². The standard InChI is InChI=1S/C25H28N2OS/c1-19-8-10-21(11-9-19)25(28)27(23-6-3-5-20(2)17-23)22-12-14-26(15-13-22)18-24-7-4-16-29-24/h3-11,16-17,22H,12-15,18H2,1-2H3. The zero-order chi connectivity index (χ0) is 20.2. The number of thiophene rings is 1. The summed E-state index contributed by atoms with van der Waals surface area (Å²) in [5, 5.41) is 2.14. The Hall–Kier alpha value is -2.43. The highest BCUT2D eigenvalue weighted by Crippen LogP contribution is 2.27. The van der Waals surface area contributed by atoms with Crippen LogP contribution in [0.25, 0.3) is 0 Å². The van der Waals surface area contributed by atoms with Gasteiger partial charge in [0.2, 0.25) is 0 Å². The third-order valence-electron chi connectivity index (χ3n) is 5.68.